The van der Waals surface area contributed by atoms with Gasteiger partial charge in [0, 0.05) is 11.7 Å². The largest absolute Gasteiger partial charge is 0.339 e. The lowest BCUT2D eigenvalue weighted by Crippen LogP contribution is -2.08. The minimum absolute atomic E-state index is 0.631. The van der Waals surface area contributed by atoms with Crippen LogP contribution in [0.2, 0.25) is 0 Å². The third-order valence-corrected chi connectivity index (χ3v) is 5.39. The maximum atomic E-state index is 5.56. The van der Waals surface area contributed by atoms with Crippen LogP contribution in [0.25, 0.3) is 0 Å². The molecule has 0 saturated heterocycles. The standard InChI is InChI=1S/C15H27N3OS/c1-12(9-10-16)7-8-15-17-14(18-19-15)11-20-13-5-3-2-4-6-13/h12-13H,2-11,16H2,1H3. The molecule has 2 N–H and O–H groups in total. The zero-order valence-corrected chi connectivity index (χ0v) is 13.3. The van der Waals surface area contributed by atoms with Crippen molar-refractivity contribution in [1.29, 1.82) is 0 Å². The summed E-state index contributed by atoms with van der Waals surface area (Å²) in [4.78, 5) is 4.50. The van der Waals surface area contributed by atoms with E-state index in [4.69, 9.17) is 10.3 Å². The number of hydrogen-bond acceptors (Lipinski definition) is 5. The van der Waals surface area contributed by atoms with Crippen LogP contribution in [-0.4, -0.2) is 21.9 Å². The SMILES string of the molecule is CC(CCN)CCc1nc(CSC2CCCCC2)no1. The van der Waals surface area contributed by atoms with E-state index < -0.39 is 0 Å². The predicted molar refractivity (Wildman–Crippen MR) is 83.6 cm³/mol. The number of aromatic nitrogens is 2. The monoisotopic (exact) mass is 297 g/mol. The van der Waals surface area contributed by atoms with Crippen LogP contribution in [0.15, 0.2) is 4.52 Å². The first-order valence-electron chi connectivity index (χ1n) is 7.91. The Morgan fingerprint density at radius 1 is 1.30 bits per heavy atom. The molecule has 1 saturated carbocycles. The summed E-state index contributed by atoms with van der Waals surface area (Å²) in [6, 6.07) is 0. The van der Waals surface area contributed by atoms with Gasteiger partial charge in [0.2, 0.25) is 5.89 Å². The maximum Gasteiger partial charge on any atom is 0.226 e. The Morgan fingerprint density at radius 2 is 2.10 bits per heavy atom. The zero-order valence-electron chi connectivity index (χ0n) is 12.5. The molecule has 1 aliphatic rings. The van der Waals surface area contributed by atoms with Gasteiger partial charge in [0.25, 0.3) is 0 Å². The van der Waals surface area contributed by atoms with Crippen LogP contribution >= 0.6 is 11.8 Å². The van der Waals surface area contributed by atoms with E-state index in [0.717, 1.165) is 48.5 Å². The molecule has 114 valence electrons. The molecule has 2 rings (SSSR count). The molecule has 0 spiro atoms. The molecule has 1 aromatic heterocycles. The van der Waals surface area contributed by atoms with Crippen molar-refractivity contribution in [3.05, 3.63) is 11.7 Å². The Balaban J connectivity index is 1.68. The highest BCUT2D eigenvalue weighted by Crippen LogP contribution is 2.29. The van der Waals surface area contributed by atoms with Crippen molar-refractivity contribution in [2.45, 2.75) is 69.3 Å². The second-order valence-electron chi connectivity index (χ2n) is 5.90. The molecule has 1 fully saturated rings. The summed E-state index contributed by atoms with van der Waals surface area (Å²) in [5, 5.41) is 4.89. The average Bonchev–Trinajstić information content (AvgIpc) is 2.92. The van der Waals surface area contributed by atoms with Crippen LogP contribution in [0.4, 0.5) is 0 Å². The number of rotatable bonds is 8. The van der Waals surface area contributed by atoms with E-state index in [1.165, 1.54) is 32.1 Å². The van der Waals surface area contributed by atoms with E-state index in [1.54, 1.807) is 0 Å². The number of hydrogen-bond donors (Lipinski definition) is 1. The van der Waals surface area contributed by atoms with Gasteiger partial charge in [-0.05, 0) is 38.1 Å². The van der Waals surface area contributed by atoms with E-state index in [0.29, 0.717) is 5.92 Å². The van der Waals surface area contributed by atoms with Crippen molar-refractivity contribution in [3.8, 4) is 0 Å². The van der Waals surface area contributed by atoms with Crippen LogP contribution in [0, 0.1) is 5.92 Å². The van der Waals surface area contributed by atoms with Gasteiger partial charge in [-0.2, -0.15) is 16.7 Å². The molecule has 0 amide bonds. The highest BCUT2D eigenvalue weighted by Gasteiger charge is 2.15. The highest BCUT2D eigenvalue weighted by atomic mass is 32.2. The molecule has 1 aliphatic carbocycles. The second kappa shape index (κ2) is 8.67. The van der Waals surface area contributed by atoms with Crippen LogP contribution in [0.5, 0.6) is 0 Å². The summed E-state index contributed by atoms with van der Waals surface area (Å²) in [5.74, 6) is 3.18. The molecule has 1 heterocycles. The van der Waals surface area contributed by atoms with Crippen molar-refractivity contribution in [2.24, 2.45) is 11.7 Å². The third kappa shape index (κ3) is 5.44. The molecule has 20 heavy (non-hydrogen) atoms. The fraction of sp³-hybridized carbons (Fsp3) is 0.867. The second-order valence-corrected chi connectivity index (χ2v) is 7.19. The van der Waals surface area contributed by atoms with E-state index >= 15 is 0 Å². The van der Waals surface area contributed by atoms with Gasteiger partial charge in [0.1, 0.15) is 0 Å². The van der Waals surface area contributed by atoms with E-state index in [9.17, 15) is 0 Å². The molecule has 5 heteroatoms. The van der Waals surface area contributed by atoms with E-state index in [1.807, 2.05) is 11.8 Å². The maximum absolute atomic E-state index is 5.56. The molecule has 1 atom stereocenters. The van der Waals surface area contributed by atoms with Crippen molar-refractivity contribution >= 4 is 11.8 Å². The molecular formula is C15H27N3OS. The Labute approximate surface area is 126 Å². The van der Waals surface area contributed by atoms with Gasteiger partial charge >= 0.3 is 0 Å². The van der Waals surface area contributed by atoms with Gasteiger partial charge in [-0.15, -0.1) is 0 Å². The normalized spacial score (nSPS) is 18.3. The highest BCUT2D eigenvalue weighted by molar-refractivity contribution is 7.99. The summed E-state index contributed by atoms with van der Waals surface area (Å²) in [6.45, 7) is 2.98. The summed E-state index contributed by atoms with van der Waals surface area (Å²) in [7, 11) is 0. The summed E-state index contributed by atoms with van der Waals surface area (Å²) < 4.78 is 5.33. The van der Waals surface area contributed by atoms with Crippen LogP contribution < -0.4 is 5.73 Å². The summed E-state index contributed by atoms with van der Waals surface area (Å²) >= 11 is 1.99. The van der Waals surface area contributed by atoms with Gasteiger partial charge in [-0.1, -0.05) is 31.3 Å². The number of nitrogens with two attached hydrogens (primary N) is 1. The Bertz CT molecular complexity index is 377. The molecule has 0 aliphatic heterocycles. The quantitative estimate of drug-likeness (QED) is 0.795. The molecule has 1 aromatic rings. The predicted octanol–water partition coefficient (Wildman–Crippen LogP) is 3.55. The minimum atomic E-state index is 0.631. The molecule has 1 unspecified atom stereocenters. The first-order chi connectivity index (χ1) is 9.78. The smallest absolute Gasteiger partial charge is 0.226 e. The van der Waals surface area contributed by atoms with E-state index in [-0.39, 0.29) is 0 Å². The third-order valence-electron chi connectivity index (χ3n) is 4.02. The summed E-state index contributed by atoms with van der Waals surface area (Å²) in [5.41, 5.74) is 5.56. The molecular weight excluding hydrogens is 270 g/mol. The first kappa shape index (κ1) is 15.8. The van der Waals surface area contributed by atoms with Crippen molar-refractivity contribution in [1.82, 2.24) is 10.1 Å². The minimum Gasteiger partial charge on any atom is -0.339 e. The van der Waals surface area contributed by atoms with Gasteiger partial charge in [-0.25, -0.2) is 0 Å². The Kier molecular flexibility index (Phi) is 6.87. The molecule has 0 radical (unpaired) electrons. The fourth-order valence-corrected chi connectivity index (χ4v) is 3.84. The molecule has 0 bridgehead atoms. The Morgan fingerprint density at radius 3 is 2.85 bits per heavy atom. The lowest BCUT2D eigenvalue weighted by atomic mass is 10.0. The molecule has 4 nitrogen and oxygen atoms in total. The lowest BCUT2D eigenvalue weighted by molar-refractivity contribution is 0.359. The summed E-state index contributed by atoms with van der Waals surface area (Å²) in [6.07, 6.45) is 9.90. The van der Waals surface area contributed by atoms with Gasteiger partial charge in [0.15, 0.2) is 5.82 Å². The number of thioether (sulfide) groups is 1. The van der Waals surface area contributed by atoms with Crippen LogP contribution in [0.3, 0.4) is 0 Å². The zero-order chi connectivity index (χ0) is 14.2. The Hall–Kier alpha value is -0.550. The van der Waals surface area contributed by atoms with Gasteiger partial charge in [0.05, 0.1) is 5.75 Å². The average molecular weight is 297 g/mol. The first-order valence-corrected chi connectivity index (χ1v) is 8.96. The lowest BCUT2D eigenvalue weighted by Gasteiger charge is -2.19. The van der Waals surface area contributed by atoms with Crippen LogP contribution in [-0.2, 0) is 12.2 Å². The molecule has 0 aromatic carbocycles. The van der Waals surface area contributed by atoms with Crippen LogP contribution in [0.1, 0.15) is 63.6 Å². The number of nitrogens with zero attached hydrogens (tertiary/aromatic N) is 2. The van der Waals surface area contributed by atoms with Gasteiger partial charge in [-0.3, -0.25) is 0 Å². The van der Waals surface area contributed by atoms with E-state index in [2.05, 4.69) is 17.1 Å². The fourth-order valence-electron chi connectivity index (χ4n) is 2.67. The van der Waals surface area contributed by atoms with Crippen molar-refractivity contribution in [2.75, 3.05) is 6.54 Å². The topological polar surface area (TPSA) is 64.9 Å². The number of aryl methyl sites for hydroxylation is 1. The van der Waals surface area contributed by atoms with Crippen molar-refractivity contribution < 1.29 is 4.52 Å². The van der Waals surface area contributed by atoms with Gasteiger partial charge < -0.3 is 10.3 Å². The van der Waals surface area contributed by atoms with Crippen molar-refractivity contribution in [3.63, 3.8) is 0 Å².